The first-order valence-corrected chi connectivity index (χ1v) is 16.1. The van der Waals surface area contributed by atoms with Crippen LogP contribution in [0.2, 0.25) is 0 Å². The quantitative estimate of drug-likeness (QED) is 0.122. The number of alkyl carbamates (subject to hydrolysis) is 1. The summed E-state index contributed by atoms with van der Waals surface area (Å²) < 4.78 is 18.2. The summed E-state index contributed by atoms with van der Waals surface area (Å²) in [6.45, 7) is 7.02. The number of aromatic hydroxyl groups is 1. The lowest BCUT2D eigenvalue weighted by molar-refractivity contribution is -0.276. The van der Waals surface area contributed by atoms with Crippen molar-refractivity contribution in [3.8, 4) is 16.9 Å². The fraction of sp³-hybridized carbons (Fsp3) is 0.308. The Kier molecular flexibility index (Phi) is 12.0. The molecule has 0 bridgehead atoms. The SMILES string of the molecule is C=CCOC(=O)NCc1cccc(-c2ccc([C@H]3O[C@@H](CN(C)C[C@@H](O)c4cccc(O)c4)[C@@H](C)[C@@H](c4ccc(CO)cc4)O3)cc2)c1. The number of nitrogens with zero attached hydrogens (tertiary/aromatic N) is 1. The van der Waals surface area contributed by atoms with Gasteiger partial charge in [0.2, 0.25) is 0 Å². The molecule has 4 N–H and O–H groups in total. The second-order valence-corrected chi connectivity index (χ2v) is 12.2. The van der Waals surface area contributed by atoms with Crippen molar-refractivity contribution in [2.75, 3.05) is 26.7 Å². The van der Waals surface area contributed by atoms with Gasteiger partial charge in [-0.2, -0.15) is 0 Å². The number of aliphatic hydroxyl groups is 2. The smallest absolute Gasteiger partial charge is 0.407 e. The summed E-state index contributed by atoms with van der Waals surface area (Å²) in [6, 6.07) is 30.5. The van der Waals surface area contributed by atoms with Crippen molar-refractivity contribution < 1.29 is 34.3 Å². The maximum Gasteiger partial charge on any atom is 0.407 e. The Hall–Kier alpha value is -4.51. The summed E-state index contributed by atoms with van der Waals surface area (Å²) in [5.74, 6) is 0.0944. The molecule has 0 saturated carbocycles. The summed E-state index contributed by atoms with van der Waals surface area (Å²) >= 11 is 0. The van der Waals surface area contributed by atoms with Crippen molar-refractivity contribution in [1.29, 1.82) is 0 Å². The Bertz CT molecular complexity index is 1640. The van der Waals surface area contributed by atoms with Gasteiger partial charge in [0.1, 0.15) is 12.4 Å². The highest BCUT2D eigenvalue weighted by Gasteiger charge is 2.39. The fourth-order valence-electron chi connectivity index (χ4n) is 5.90. The molecule has 5 rings (SSSR count). The van der Waals surface area contributed by atoms with Crippen LogP contribution in [0.5, 0.6) is 5.75 Å². The number of ether oxygens (including phenoxy) is 3. The van der Waals surface area contributed by atoms with Crippen molar-refractivity contribution in [2.24, 2.45) is 5.92 Å². The molecular formula is C39H44N2O7. The maximum absolute atomic E-state index is 11.8. The van der Waals surface area contributed by atoms with E-state index < -0.39 is 18.5 Å². The van der Waals surface area contributed by atoms with Gasteiger partial charge in [-0.25, -0.2) is 4.79 Å². The first-order valence-electron chi connectivity index (χ1n) is 16.1. The van der Waals surface area contributed by atoms with Crippen molar-refractivity contribution in [1.82, 2.24) is 10.2 Å². The van der Waals surface area contributed by atoms with Crippen molar-refractivity contribution in [3.05, 3.63) is 138 Å². The highest BCUT2D eigenvalue weighted by molar-refractivity contribution is 5.68. The van der Waals surface area contributed by atoms with Gasteiger partial charge in [-0.05, 0) is 58.6 Å². The molecule has 0 aliphatic carbocycles. The Balaban J connectivity index is 1.32. The number of rotatable bonds is 13. The predicted molar refractivity (Wildman–Crippen MR) is 184 cm³/mol. The molecule has 1 aliphatic heterocycles. The summed E-state index contributed by atoms with van der Waals surface area (Å²) in [7, 11) is 1.94. The predicted octanol–water partition coefficient (Wildman–Crippen LogP) is 6.42. The molecule has 1 amide bonds. The van der Waals surface area contributed by atoms with Gasteiger partial charge in [-0.15, -0.1) is 0 Å². The number of hydrogen-bond donors (Lipinski definition) is 4. The van der Waals surface area contributed by atoms with Gasteiger partial charge >= 0.3 is 6.09 Å². The minimum Gasteiger partial charge on any atom is -0.508 e. The zero-order valence-corrected chi connectivity index (χ0v) is 27.4. The molecule has 1 aliphatic rings. The third-order valence-electron chi connectivity index (χ3n) is 8.57. The van der Waals surface area contributed by atoms with Crippen LogP contribution < -0.4 is 5.32 Å². The van der Waals surface area contributed by atoms with E-state index in [-0.39, 0.29) is 37.1 Å². The van der Waals surface area contributed by atoms with Gasteiger partial charge in [-0.1, -0.05) is 98.4 Å². The molecule has 0 radical (unpaired) electrons. The van der Waals surface area contributed by atoms with Crippen molar-refractivity contribution in [3.63, 3.8) is 0 Å². The number of hydrogen-bond acceptors (Lipinski definition) is 8. The zero-order valence-electron chi connectivity index (χ0n) is 27.4. The largest absolute Gasteiger partial charge is 0.508 e. The van der Waals surface area contributed by atoms with E-state index in [1.807, 2.05) is 84.7 Å². The lowest BCUT2D eigenvalue weighted by Gasteiger charge is -2.42. The van der Waals surface area contributed by atoms with Crippen LogP contribution in [0.1, 0.15) is 53.2 Å². The van der Waals surface area contributed by atoms with E-state index >= 15 is 0 Å². The molecule has 0 aromatic heterocycles. The second kappa shape index (κ2) is 16.5. The number of likely N-dealkylation sites (N-methyl/N-ethyl adjacent to an activating group) is 1. The first-order chi connectivity index (χ1) is 23.2. The highest BCUT2D eigenvalue weighted by Crippen LogP contribution is 2.42. The van der Waals surface area contributed by atoms with E-state index in [2.05, 4.69) is 18.8 Å². The van der Waals surface area contributed by atoms with E-state index in [9.17, 15) is 20.1 Å². The number of phenols is 1. The molecule has 48 heavy (non-hydrogen) atoms. The van der Waals surface area contributed by atoms with Gasteiger partial charge in [0.25, 0.3) is 0 Å². The monoisotopic (exact) mass is 652 g/mol. The molecule has 5 atom stereocenters. The summed E-state index contributed by atoms with van der Waals surface area (Å²) in [5, 5.41) is 33.1. The maximum atomic E-state index is 11.8. The normalized spacial score (nSPS) is 19.9. The molecule has 1 heterocycles. The Labute approximate surface area is 282 Å². The molecule has 0 spiro atoms. The Morgan fingerprint density at radius 2 is 1.69 bits per heavy atom. The molecule has 4 aromatic rings. The summed E-state index contributed by atoms with van der Waals surface area (Å²) in [6.07, 6.45) is -0.880. The van der Waals surface area contributed by atoms with E-state index in [1.54, 1.807) is 24.3 Å². The molecule has 1 saturated heterocycles. The number of carbonyl (C=O) groups excluding carboxylic acids is 1. The second-order valence-electron chi connectivity index (χ2n) is 12.2. The third-order valence-corrected chi connectivity index (χ3v) is 8.57. The molecule has 252 valence electrons. The van der Waals surface area contributed by atoms with Gasteiger partial charge in [0.05, 0.1) is 24.9 Å². The summed E-state index contributed by atoms with van der Waals surface area (Å²) in [5.41, 5.74) is 6.30. The van der Waals surface area contributed by atoms with Crippen LogP contribution in [0.4, 0.5) is 4.79 Å². The van der Waals surface area contributed by atoms with Crippen LogP contribution in [0, 0.1) is 5.92 Å². The van der Waals surface area contributed by atoms with Crippen molar-refractivity contribution >= 4 is 6.09 Å². The van der Waals surface area contributed by atoms with E-state index in [0.717, 1.165) is 33.4 Å². The average Bonchev–Trinajstić information content (AvgIpc) is 3.11. The number of aliphatic hydroxyl groups excluding tert-OH is 2. The number of carbonyl (C=O) groups is 1. The molecular weight excluding hydrogens is 608 g/mol. The third kappa shape index (κ3) is 9.09. The van der Waals surface area contributed by atoms with Crippen molar-refractivity contribution in [2.45, 2.75) is 44.7 Å². The van der Waals surface area contributed by atoms with Crippen LogP contribution in [0.25, 0.3) is 11.1 Å². The average molecular weight is 653 g/mol. The van der Waals surface area contributed by atoms with E-state index in [4.69, 9.17) is 14.2 Å². The molecule has 0 unspecified atom stereocenters. The van der Waals surface area contributed by atoms with E-state index in [1.165, 1.54) is 6.08 Å². The Morgan fingerprint density at radius 3 is 2.40 bits per heavy atom. The Morgan fingerprint density at radius 1 is 0.958 bits per heavy atom. The van der Waals surface area contributed by atoms with Crippen LogP contribution in [-0.2, 0) is 27.4 Å². The van der Waals surface area contributed by atoms with Crippen LogP contribution >= 0.6 is 0 Å². The number of phenolic OH excluding ortho intramolecular Hbond substituents is 1. The van der Waals surface area contributed by atoms with E-state index in [0.29, 0.717) is 25.2 Å². The number of amides is 1. The summed E-state index contributed by atoms with van der Waals surface area (Å²) in [4.78, 5) is 13.9. The molecule has 1 fully saturated rings. The standard InChI is InChI=1S/C39H44N2O7/c1-4-19-46-39(45)40-22-28-7-5-8-32(20-28)29-15-17-31(18-16-29)38-47-36(24-41(3)23-35(44)33-9-6-10-34(43)21-33)26(2)37(48-38)30-13-11-27(25-42)12-14-30/h4-18,20-21,26,35-38,42-44H,1,19,22-25H2,2-3H3,(H,40,45)/t26-,35-,36+,37+,38+/m1/s1. The lowest BCUT2D eigenvalue weighted by Crippen LogP contribution is -2.44. The molecule has 4 aromatic carbocycles. The van der Waals surface area contributed by atoms with Gasteiger partial charge in [0, 0.05) is 31.1 Å². The highest BCUT2D eigenvalue weighted by atomic mass is 16.7. The minimum atomic E-state index is -0.775. The first kappa shape index (κ1) is 34.8. The van der Waals surface area contributed by atoms with Crippen LogP contribution in [0.15, 0.2) is 110 Å². The lowest BCUT2D eigenvalue weighted by atomic mass is 9.90. The number of nitrogens with one attached hydrogen (secondary N) is 1. The minimum absolute atomic E-state index is 0.0220. The van der Waals surface area contributed by atoms with Gasteiger partial charge in [0.15, 0.2) is 6.29 Å². The zero-order chi connectivity index (χ0) is 34.0. The molecule has 9 heteroatoms. The number of benzene rings is 4. The fourth-order valence-corrected chi connectivity index (χ4v) is 5.90. The van der Waals surface area contributed by atoms with Crippen LogP contribution in [0.3, 0.4) is 0 Å². The van der Waals surface area contributed by atoms with Gasteiger partial charge in [-0.3, -0.25) is 0 Å². The van der Waals surface area contributed by atoms with Crippen LogP contribution in [-0.4, -0.2) is 59.2 Å². The van der Waals surface area contributed by atoms with Gasteiger partial charge < -0.3 is 39.7 Å². The molecule has 9 nitrogen and oxygen atoms in total. The topological polar surface area (TPSA) is 121 Å².